The first kappa shape index (κ1) is 13.0. The van der Waals surface area contributed by atoms with E-state index < -0.39 is 0 Å². The molecule has 0 aliphatic heterocycles. The second kappa shape index (κ2) is 4.06. The first-order chi connectivity index (χ1) is 6.72. The summed E-state index contributed by atoms with van der Waals surface area (Å²) in [6, 6.07) is 0. The third-order valence-electron chi connectivity index (χ3n) is 4.39. The maximum absolute atomic E-state index is 9.21. The van der Waals surface area contributed by atoms with Crippen LogP contribution >= 0.6 is 0 Å². The van der Waals surface area contributed by atoms with Crippen LogP contribution in [-0.4, -0.2) is 24.8 Å². The Morgan fingerprint density at radius 1 is 1.13 bits per heavy atom. The third kappa shape index (κ3) is 3.18. The van der Waals surface area contributed by atoms with Gasteiger partial charge in [0.05, 0.1) is 0 Å². The van der Waals surface area contributed by atoms with Gasteiger partial charge in [0.15, 0.2) is 0 Å². The Balaban J connectivity index is 2.31. The largest absolute Gasteiger partial charge is 0.396 e. The number of hydrogen-bond donors (Lipinski definition) is 2. The van der Waals surface area contributed by atoms with Crippen LogP contribution in [0.1, 0.15) is 47.5 Å². The van der Waals surface area contributed by atoms with Gasteiger partial charge in [0.25, 0.3) is 0 Å². The summed E-state index contributed by atoms with van der Waals surface area (Å²) in [5.74, 6) is 0. The van der Waals surface area contributed by atoms with Gasteiger partial charge in [-0.2, -0.15) is 0 Å². The molecule has 1 aliphatic carbocycles. The monoisotopic (exact) mass is 213 g/mol. The Kier molecular flexibility index (Phi) is 3.52. The molecule has 2 heteroatoms. The molecule has 1 saturated carbocycles. The van der Waals surface area contributed by atoms with Crippen LogP contribution in [0.15, 0.2) is 0 Å². The van der Waals surface area contributed by atoms with Crippen molar-refractivity contribution in [3.63, 3.8) is 0 Å². The Morgan fingerprint density at radius 2 is 1.67 bits per heavy atom. The van der Waals surface area contributed by atoms with E-state index in [1.54, 1.807) is 0 Å². The van der Waals surface area contributed by atoms with Crippen molar-refractivity contribution in [1.29, 1.82) is 0 Å². The molecular weight excluding hydrogens is 186 g/mol. The van der Waals surface area contributed by atoms with Crippen LogP contribution in [0.3, 0.4) is 0 Å². The molecule has 0 aromatic rings. The summed E-state index contributed by atoms with van der Waals surface area (Å²) in [6.07, 6.45) is 2.37. The molecule has 0 spiro atoms. The van der Waals surface area contributed by atoms with E-state index in [9.17, 15) is 5.11 Å². The molecule has 0 radical (unpaired) electrons. The van der Waals surface area contributed by atoms with E-state index in [0.717, 1.165) is 13.1 Å². The molecule has 0 heterocycles. The zero-order valence-electron chi connectivity index (χ0n) is 11.0. The normalized spacial score (nSPS) is 20.4. The Morgan fingerprint density at radius 3 is 2.00 bits per heavy atom. The second-order valence-electron chi connectivity index (χ2n) is 6.90. The van der Waals surface area contributed by atoms with E-state index in [1.165, 1.54) is 12.8 Å². The zero-order chi connectivity index (χ0) is 11.7. The highest BCUT2D eigenvalue weighted by atomic mass is 16.3. The van der Waals surface area contributed by atoms with Crippen molar-refractivity contribution in [1.82, 2.24) is 5.32 Å². The molecule has 0 atom stereocenters. The molecular formula is C13H27NO. The van der Waals surface area contributed by atoms with Gasteiger partial charge in [-0.1, -0.05) is 34.6 Å². The van der Waals surface area contributed by atoms with Crippen molar-refractivity contribution in [3.05, 3.63) is 0 Å². The van der Waals surface area contributed by atoms with Gasteiger partial charge in [-0.3, -0.25) is 0 Å². The van der Waals surface area contributed by atoms with E-state index in [-0.39, 0.29) is 5.41 Å². The molecule has 90 valence electrons. The summed E-state index contributed by atoms with van der Waals surface area (Å²) in [7, 11) is 0. The zero-order valence-corrected chi connectivity index (χ0v) is 11.0. The summed E-state index contributed by atoms with van der Waals surface area (Å²) >= 11 is 0. The molecule has 15 heavy (non-hydrogen) atoms. The van der Waals surface area contributed by atoms with Crippen LogP contribution in [0.4, 0.5) is 0 Å². The topological polar surface area (TPSA) is 32.3 Å². The number of hydrogen-bond acceptors (Lipinski definition) is 2. The number of aliphatic hydroxyl groups excluding tert-OH is 1. The van der Waals surface area contributed by atoms with E-state index in [4.69, 9.17) is 0 Å². The van der Waals surface area contributed by atoms with E-state index in [0.29, 0.717) is 17.4 Å². The van der Waals surface area contributed by atoms with Crippen molar-refractivity contribution in [2.24, 2.45) is 16.2 Å². The fraction of sp³-hybridized carbons (Fsp3) is 1.00. The predicted octanol–water partition coefficient (Wildman–Crippen LogP) is 2.42. The van der Waals surface area contributed by atoms with Crippen LogP contribution < -0.4 is 5.32 Å². The Labute approximate surface area is 94.5 Å². The lowest BCUT2D eigenvalue weighted by molar-refractivity contribution is 0.122. The van der Waals surface area contributed by atoms with Gasteiger partial charge < -0.3 is 10.4 Å². The van der Waals surface area contributed by atoms with Crippen molar-refractivity contribution in [2.75, 3.05) is 19.7 Å². The lowest BCUT2D eigenvalue weighted by atomic mass is 9.69. The predicted molar refractivity (Wildman–Crippen MR) is 64.9 cm³/mol. The quantitative estimate of drug-likeness (QED) is 0.735. The Hall–Kier alpha value is -0.0800. The summed E-state index contributed by atoms with van der Waals surface area (Å²) < 4.78 is 0. The summed E-state index contributed by atoms with van der Waals surface area (Å²) in [4.78, 5) is 0. The van der Waals surface area contributed by atoms with Gasteiger partial charge in [-0.15, -0.1) is 0 Å². The molecule has 1 aliphatic rings. The molecule has 0 saturated heterocycles. The fourth-order valence-electron chi connectivity index (χ4n) is 1.47. The van der Waals surface area contributed by atoms with Gasteiger partial charge in [-0.25, -0.2) is 0 Å². The molecule has 0 bridgehead atoms. The van der Waals surface area contributed by atoms with Gasteiger partial charge in [-0.05, 0) is 23.7 Å². The maximum atomic E-state index is 9.21. The minimum absolute atomic E-state index is 0.230. The molecule has 0 aromatic carbocycles. The fourth-order valence-corrected chi connectivity index (χ4v) is 1.47. The van der Waals surface area contributed by atoms with E-state index in [2.05, 4.69) is 39.9 Å². The highest BCUT2D eigenvalue weighted by molar-refractivity contribution is 4.95. The molecule has 0 aromatic heterocycles. The first-order valence-electron chi connectivity index (χ1n) is 6.04. The van der Waals surface area contributed by atoms with Gasteiger partial charge in [0.1, 0.15) is 0 Å². The summed E-state index contributed by atoms with van der Waals surface area (Å²) in [5, 5.41) is 12.7. The van der Waals surface area contributed by atoms with E-state index in [1.807, 2.05) is 0 Å². The van der Waals surface area contributed by atoms with Crippen LogP contribution in [0, 0.1) is 16.2 Å². The summed E-state index contributed by atoms with van der Waals surface area (Å²) in [5.41, 5.74) is 0.836. The standard InChI is InChI=1S/C13H27NO/c1-11(2,3)12(4,5)8-14-9-13(10-15)6-7-13/h14-15H,6-10H2,1-5H3. The lowest BCUT2D eigenvalue weighted by Crippen LogP contribution is -2.41. The van der Waals surface area contributed by atoms with Crippen molar-refractivity contribution >= 4 is 0 Å². The van der Waals surface area contributed by atoms with Crippen molar-refractivity contribution in [2.45, 2.75) is 47.5 Å². The smallest absolute Gasteiger partial charge is 0.0499 e. The highest BCUT2D eigenvalue weighted by Gasteiger charge is 2.42. The van der Waals surface area contributed by atoms with Crippen LogP contribution in [0.25, 0.3) is 0 Å². The average molecular weight is 213 g/mol. The van der Waals surface area contributed by atoms with Gasteiger partial charge >= 0.3 is 0 Å². The van der Waals surface area contributed by atoms with Crippen LogP contribution in [0.2, 0.25) is 0 Å². The lowest BCUT2D eigenvalue weighted by Gasteiger charge is -2.39. The van der Waals surface area contributed by atoms with Crippen LogP contribution in [-0.2, 0) is 0 Å². The molecule has 2 N–H and O–H groups in total. The molecule has 1 rings (SSSR count). The number of rotatable bonds is 5. The Bertz CT molecular complexity index is 211. The minimum atomic E-state index is 0.230. The van der Waals surface area contributed by atoms with Gasteiger partial charge in [0, 0.05) is 25.1 Å². The minimum Gasteiger partial charge on any atom is -0.396 e. The third-order valence-corrected chi connectivity index (χ3v) is 4.39. The average Bonchev–Trinajstić information content (AvgIpc) is 2.83. The SMILES string of the molecule is CC(C)(C)C(C)(C)CNCC1(CO)CC1. The van der Waals surface area contributed by atoms with Crippen molar-refractivity contribution in [3.8, 4) is 0 Å². The number of aliphatic hydroxyl groups is 1. The number of nitrogens with one attached hydrogen (secondary N) is 1. The molecule has 0 amide bonds. The maximum Gasteiger partial charge on any atom is 0.0499 e. The second-order valence-corrected chi connectivity index (χ2v) is 6.90. The highest BCUT2D eigenvalue weighted by Crippen LogP contribution is 2.44. The van der Waals surface area contributed by atoms with Crippen molar-refractivity contribution < 1.29 is 5.11 Å². The molecule has 2 nitrogen and oxygen atoms in total. The van der Waals surface area contributed by atoms with E-state index >= 15 is 0 Å². The first-order valence-corrected chi connectivity index (χ1v) is 6.04. The molecule has 1 fully saturated rings. The van der Waals surface area contributed by atoms with Gasteiger partial charge in [0.2, 0.25) is 0 Å². The van der Waals surface area contributed by atoms with Crippen LogP contribution in [0.5, 0.6) is 0 Å². The summed E-state index contributed by atoms with van der Waals surface area (Å²) in [6.45, 7) is 13.8. The molecule has 0 unspecified atom stereocenters.